The molecule has 0 radical (unpaired) electrons. The lowest BCUT2D eigenvalue weighted by molar-refractivity contribution is 0.0690. The Morgan fingerprint density at radius 3 is 2.80 bits per heavy atom. The number of rotatable bonds is 3. The summed E-state index contributed by atoms with van der Waals surface area (Å²) >= 11 is 0. The number of furan rings is 1. The van der Waals surface area contributed by atoms with E-state index in [2.05, 4.69) is 4.98 Å². The highest BCUT2D eigenvalue weighted by atomic mass is 16.4. The molecule has 0 aliphatic carbocycles. The number of carbonyl (C=O) groups is 2. The Kier molecular flexibility index (Phi) is 2.80. The molecule has 2 aromatic heterocycles. The van der Waals surface area contributed by atoms with Gasteiger partial charge in [0, 0.05) is 11.6 Å². The van der Waals surface area contributed by atoms with Gasteiger partial charge in [0.1, 0.15) is 11.3 Å². The second-order valence-corrected chi connectivity index (χ2v) is 4.26. The van der Waals surface area contributed by atoms with Gasteiger partial charge in [0.25, 0.3) is 0 Å². The van der Waals surface area contributed by atoms with Crippen LogP contribution in [0.2, 0.25) is 0 Å². The quantitative estimate of drug-likeness (QED) is 0.738. The number of carboxylic acids is 1. The molecular formula is C15H9NO4. The van der Waals surface area contributed by atoms with Crippen molar-refractivity contribution in [1.29, 1.82) is 0 Å². The van der Waals surface area contributed by atoms with Crippen molar-refractivity contribution in [2.75, 3.05) is 0 Å². The van der Waals surface area contributed by atoms with Crippen LogP contribution in [0.25, 0.3) is 22.1 Å². The van der Waals surface area contributed by atoms with Crippen molar-refractivity contribution in [2.45, 2.75) is 0 Å². The van der Waals surface area contributed by atoms with Crippen molar-refractivity contribution in [1.82, 2.24) is 4.98 Å². The van der Waals surface area contributed by atoms with Crippen molar-refractivity contribution < 1.29 is 19.1 Å². The van der Waals surface area contributed by atoms with Gasteiger partial charge in [-0.2, -0.15) is 0 Å². The van der Waals surface area contributed by atoms with Crippen LogP contribution in [0.3, 0.4) is 0 Å². The van der Waals surface area contributed by atoms with Crippen molar-refractivity contribution >= 4 is 23.2 Å². The van der Waals surface area contributed by atoms with Gasteiger partial charge in [0.2, 0.25) is 0 Å². The summed E-state index contributed by atoms with van der Waals surface area (Å²) in [6.07, 6.45) is 3.66. The molecule has 0 spiro atoms. The minimum absolute atomic E-state index is 0.0394. The number of carbonyl (C=O) groups excluding carboxylic acids is 1. The van der Waals surface area contributed by atoms with Crippen LogP contribution in [0.1, 0.15) is 20.8 Å². The van der Waals surface area contributed by atoms with Gasteiger partial charge in [0.15, 0.2) is 6.29 Å². The molecule has 0 fully saturated rings. The van der Waals surface area contributed by atoms with Gasteiger partial charge in [-0.15, -0.1) is 0 Å². The number of nitrogens with zero attached hydrogens (tertiary/aromatic N) is 1. The third-order valence-electron chi connectivity index (χ3n) is 3.02. The molecule has 5 nitrogen and oxygen atoms in total. The zero-order valence-electron chi connectivity index (χ0n) is 10.2. The van der Waals surface area contributed by atoms with E-state index in [1.165, 1.54) is 18.5 Å². The fourth-order valence-corrected chi connectivity index (χ4v) is 2.09. The summed E-state index contributed by atoms with van der Waals surface area (Å²) in [5.74, 6) is -1.09. The molecule has 3 aromatic rings. The van der Waals surface area contributed by atoms with Crippen molar-refractivity contribution in [3.05, 3.63) is 54.0 Å². The number of aromatic carboxylic acids is 1. The Morgan fingerprint density at radius 2 is 2.05 bits per heavy atom. The summed E-state index contributed by atoms with van der Waals surface area (Å²) in [5, 5.41) is 9.75. The van der Waals surface area contributed by atoms with E-state index in [9.17, 15) is 9.59 Å². The number of hydrogen-bond acceptors (Lipinski definition) is 4. The summed E-state index contributed by atoms with van der Waals surface area (Å²) in [4.78, 5) is 25.8. The Morgan fingerprint density at radius 1 is 1.20 bits per heavy atom. The van der Waals surface area contributed by atoms with E-state index in [0.717, 1.165) is 10.9 Å². The molecule has 2 heterocycles. The van der Waals surface area contributed by atoms with Crippen LogP contribution in [0.4, 0.5) is 0 Å². The van der Waals surface area contributed by atoms with Crippen LogP contribution in [0, 0.1) is 0 Å². The van der Waals surface area contributed by atoms with Crippen molar-refractivity contribution in [3.8, 4) is 11.1 Å². The first kappa shape index (κ1) is 12.1. The molecule has 0 unspecified atom stereocenters. The molecule has 1 N–H and O–H groups in total. The van der Waals surface area contributed by atoms with Crippen LogP contribution >= 0.6 is 0 Å². The largest absolute Gasteiger partial charge is 0.477 e. The second kappa shape index (κ2) is 4.62. The fourth-order valence-electron chi connectivity index (χ4n) is 2.09. The van der Waals surface area contributed by atoms with Gasteiger partial charge in [-0.25, -0.2) is 9.78 Å². The molecule has 0 saturated carbocycles. The second-order valence-electron chi connectivity index (χ2n) is 4.26. The normalized spacial score (nSPS) is 10.6. The summed E-state index contributed by atoms with van der Waals surface area (Å²) < 4.78 is 5.26. The van der Waals surface area contributed by atoms with Gasteiger partial charge in [0.05, 0.1) is 11.8 Å². The predicted octanol–water partition coefficient (Wildman–Crippen LogP) is 3.01. The zero-order valence-corrected chi connectivity index (χ0v) is 10.2. The Bertz CT molecular complexity index is 820. The maximum Gasteiger partial charge on any atom is 0.354 e. The Labute approximate surface area is 113 Å². The zero-order chi connectivity index (χ0) is 14.1. The number of aldehydes is 1. The van der Waals surface area contributed by atoms with E-state index in [0.29, 0.717) is 23.0 Å². The maximum absolute atomic E-state index is 11.1. The van der Waals surface area contributed by atoms with Crippen LogP contribution < -0.4 is 0 Å². The predicted molar refractivity (Wildman–Crippen MR) is 71.8 cm³/mol. The molecule has 0 atom stereocenters. The standard InChI is InChI=1S/C15H9NO4/c17-8-12-6-11(5-10-2-4-20-14(10)12)9-1-3-16-13(7-9)15(18)19/h1-8H,(H,18,19). The summed E-state index contributed by atoms with van der Waals surface area (Å²) in [6, 6.07) is 8.43. The highest BCUT2D eigenvalue weighted by Gasteiger charge is 2.10. The van der Waals surface area contributed by atoms with Gasteiger partial charge >= 0.3 is 5.97 Å². The molecule has 20 heavy (non-hydrogen) atoms. The van der Waals surface area contributed by atoms with Crippen LogP contribution in [0.15, 0.2) is 47.2 Å². The van der Waals surface area contributed by atoms with Gasteiger partial charge in [-0.1, -0.05) is 0 Å². The fraction of sp³-hybridized carbons (Fsp3) is 0. The van der Waals surface area contributed by atoms with Crippen LogP contribution in [0.5, 0.6) is 0 Å². The molecule has 98 valence electrons. The average molecular weight is 267 g/mol. The molecule has 0 aliphatic heterocycles. The molecule has 5 heteroatoms. The topological polar surface area (TPSA) is 80.4 Å². The molecule has 0 bridgehead atoms. The highest BCUT2D eigenvalue weighted by molar-refractivity contribution is 5.98. The number of pyridine rings is 1. The number of hydrogen-bond donors (Lipinski definition) is 1. The first-order valence-corrected chi connectivity index (χ1v) is 5.85. The molecule has 0 amide bonds. The van der Waals surface area contributed by atoms with Gasteiger partial charge in [-0.3, -0.25) is 4.79 Å². The summed E-state index contributed by atoms with van der Waals surface area (Å²) in [7, 11) is 0. The first-order chi connectivity index (χ1) is 9.69. The lowest BCUT2D eigenvalue weighted by Crippen LogP contribution is -1.99. The lowest BCUT2D eigenvalue weighted by atomic mass is 10.0. The number of carboxylic acid groups (broad SMARTS) is 1. The average Bonchev–Trinajstić information content (AvgIpc) is 2.94. The SMILES string of the molecule is O=Cc1cc(-c2ccnc(C(=O)O)c2)cc2ccoc12. The third kappa shape index (κ3) is 1.95. The first-order valence-electron chi connectivity index (χ1n) is 5.85. The Hall–Kier alpha value is -2.95. The van der Waals surface area contributed by atoms with E-state index in [1.807, 2.05) is 6.07 Å². The minimum atomic E-state index is -1.09. The van der Waals surface area contributed by atoms with Crippen molar-refractivity contribution in [2.24, 2.45) is 0 Å². The minimum Gasteiger partial charge on any atom is -0.477 e. The molecular weight excluding hydrogens is 258 g/mol. The number of benzene rings is 1. The van der Waals surface area contributed by atoms with E-state index in [4.69, 9.17) is 9.52 Å². The molecule has 0 saturated heterocycles. The van der Waals surface area contributed by atoms with E-state index < -0.39 is 5.97 Å². The van der Waals surface area contributed by atoms with Crippen LogP contribution in [-0.2, 0) is 0 Å². The van der Waals surface area contributed by atoms with Gasteiger partial charge in [-0.05, 0) is 41.5 Å². The van der Waals surface area contributed by atoms with E-state index in [1.54, 1.807) is 18.2 Å². The Balaban J connectivity index is 2.21. The molecule has 1 aromatic carbocycles. The van der Waals surface area contributed by atoms with Crippen LogP contribution in [-0.4, -0.2) is 22.3 Å². The van der Waals surface area contributed by atoms with E-state index >= 15 is 0 Å². The van der Waals surface area contributed by atoms with Crippen molar-refractivity contribution in [3.63, 3.8) is 0 Å². The number of aromatic nitrogens is 1. The van der Waals surface area contributed by atoms with Gasteiger partial charge < -0.3 is 9.52 Å². The monoisotopic (exact) mass is 267 g/mol. The lowest BCUT2D eigenvalue weighted by Gasteiger charge is -2.04. The van der Waals surface area contributed by atoms with E-state index in [-0.39, 0.29) is 5.69 Å². The number of fused-ring (bicyclic) bond motifs is 1. The highest BCUT2D eigenvalue weighted by Crippen LogP contribution is 2.28. The molecule has 3 rings (SSSR count). The smallest absolute Gasteiger partial charge is 0.354 e. The third-order valence-corrected chi connectivity index (χ3v) is 3.02. The summed E-state index contributed by atoms with van der Waals surface area (Å²) in [6.45, 7) is 0. The maximum atomic E-state index is 11.1. The summed E-state index contributed by atoms with van der Waals surface area (Å²) in [5.41, 5.74) is 2.34. The molecule has 0 aliphatic rings.